The summed E-state index contributed by atoms with van der Waals surface area (Å²) in [6, 6.07) is 10.4. The number of benzene rings is 1. The van der Waals surface area contributed by atoms with E-state index < -0.39 is 0 Å². The first kappa shape index (κ1) is 14.0. The number of ether oxygens (including phenoxy) is 1. The molecule has 19 heavy (non-hydrogen) atoms. The maximum Gasteiger partial charge on any atom is 0.133 e. The van der Waals surface area contributed by atoms with E-state index in [1.807, 2.05) is 30.6 Å². The second kappa shape index (κ2) is 6.68. The van der Waals surface area contributed by atoms with Gasteiger partial charge in [-0.3, -0.25) is 4.98 Å². The Morgan fingerprint density at radius 1 is 1.21 bits per heavy atom. The number of nitrogens with zero attached hydrogens (tertiary/aromatic N) is 1. The van der Waals surface area contributed by atoms with Gasteiger partial charge in [-0.25, -0.2) is 0 Å². The topological polar surface area (TPSA) is 34.2 Å². The zero-order valence-corrected chi connectivity index (χ0v) is 12.6. The summed E-state index contributed by atoms with van der Waals surface area (Å²) in [7, 11) is 1.67. The molecule has 0 saturated heterocycles. The lowest BCUT2D eigenvalue weighted by Gasteiger charge is -2.19. The number of pyridine rings is 1. The molecule has 0 radical (unpaired) electrons. The average molecular weight is 321 g/mol. The van der Waals surface area contributed by atoms with E-state index in [9.17, 15) is 0 Å². The number of methoxy groups -OCH3 is 1. The monoisotopic (exact) mass is 320 g/mol. The normalized spacial score (nSPS) is 12.2. The minimum atomic E-state index is 0.162. The highest BCUT2D eigenvalue weighted by Crippen LogP contribution is 2.30. The van der Waals surface area contributed by atoms with Crippen molar-refractivity contribution in [3.63, 3.8) is 0 Å². The summed E-state index contributed by atoms with van der Waals surface area (Å²) in [6.07, 6.45) is 3.64. The fourth-order valence-corrected chi connectivity index (χ4v) is 2.61. The first-order valence-electron chi connectivity index (χ1n) is 6.23. The number of hydrogen-bond acceptors (Lipinski definition) is 3. The molecule has 0 saturated carbocycles. The van der Waals surface area contributed by atoms with Gasteiger partial charge in [-0.1, -0.05) is 13.0 Å². The molecule has 1 aromatic carbocycles. The van der Waals surface area contributed by atoms with Crippen LogP contribution in [0.5, 0.6) is 5.75 Å². The molecule has 1 atom stereocenters. The molecular weight excluding hydrogens is 304 g/mol. The standard InChI is InChI=1S/C15H17BrN2O/c1-3-18-15(11-6-8-17-9-7-11)12-4-5-14(19-2)13(16)10-12/h4-10,15,18H,3H2,1-2H3. The highest BCUT2D eigenvalue weighted by molar-refractivity contribution is 9.10. The van der Waals surface area contributed by atoms with Crippen LogP contribution in [0.4, 0.5) is 0 Å². The summed E-state index contributed by atoms with van der Waals surface area (Å²) in [5, 5.41) is 3.49. The van der Waals surface area contributed by atoms with Crippen LogP contribution in [-0.4, -0.2) is 18.6 Å². The van der Waals surface area contributed by atoms with E-state index in [0.717, 1.165) is 16.8 Å². The van der Waals surface area contributed by atoms with Gasteiger partial charge < -0.3 is 10.1 Å². The van der Waals surface area contributed by atoms with Gasteiger partial charge in [0.25, 0.3) is 0 Å². The van der Waals surface area contributed by atoms with Crippen molar-refractivity contribution >= 4 is 15.9 Å². The van der Waals surface area contributed by atoms with Gasteiger partial charge >= 0.3 is 0 Å². The molecule has 1 heterocycles. The molecule has 2 aromatic rings. The summed E-state index contributed by atoms with van der Waals surface area (Å²) >= 11 is 3.53. The van der Waals surface area contributed by atoms with E-state index in [1.165, 1.54) is 11.1 Å². The van der Waals surface area contributed by atoms with Crippen molar-refractivity contribution < 1.29 is 4.74 Å². The van der Waals surface area contributed by atoms with Crippen molar-refractivity contribution in [3.8, 4) is 5.75 Å². The Morgan fingerprint density at radius 3 is 2.53 bits per heavy atom. The third-order valence-corrected chi connectivity index (χ3v) is 3.58. The van der Waals surface area contributed by atoms with Gasteiger partial charge in [-0.2, -0.15) is 0 Å². The highest BCUT2D eigenvalue weighted by Gasteiger charge is 2.14. The number of rotatable bonds is 5. The van der Waals surface area contributed by atoms with E-state index in [4.69, 9.17) is 4.74 Å². The SMILES string of the molecule is CCNC(c1ccncc1)c1ccc(OC)c(Br)c1. The molecule has 1 aromatic heterocycles. The van der Waals surface area contributed by atoms with Gasteiger partial charge in [0.05, 0.1) is 17.6 Å². The molecule has 100 valence electrons. The molecule has 0 amide bonds. The smallest absolute Gasteiger partial charge is 0.133 e. The Balaban J connectivity index is 2.37. The number of nitrogens with one attached hydrogen (secondary N) is 1. The lowest BCUT2D eigenvalue weighted by atomic mass is 9.99. The lowest BCUT2D eigenvalue weighted by molar-refractivity contribution is 0.412. The molecule has 0 aliphatic carbocycles. The van der Waals surface area contributed by atoms with Crippen molar-refractivity contribution in [2.45, 2.75) is 13.0 Å². The average Bonchev–Trinajstić information content (AvgIpc) is 2.45. The summed E-state index contributed by atoms with van der Waals surface area (Å²) in [4.78, 5) is 4.07. The predicted octanol–water partition coefficient (Wildman–Crippen LogP) is 3.55. The molecule has 0 aliphatic rings. The fraction of sp³-hybridized carbons (Fsp3) is 0.267. The summed E-state index contributed by atoms with van der Waals surface area (Å²) in [6.45, 7) is 3.00. The van der Waals surface area contributed by atoms with Gasteiger partial charge in [-0.15, -0.1) is 0 Å². The van der Waals surface area contributed by atoms with Crippen LogP contribution in [0, 0.1) is 0 Å². The number of hydrogen-bond donors (Lipinski definition) is 1. The van der Waals surface area contributed by atoms with Crippen molar-refractivity contribution in [1.82, 2.24) is 10.3 Å². The molecule has 1 unspecified atom stereocenters. The van der Waals surface area contributed by atoms with Crippen molar-refractivity contribution in [2.24, 2.45) is 0 Å². The minimum Gasteiger partial charge on any atom is -0.496 e. The Bertz CT molecular complexity index is 531. The Labute approximate surface area is 122 Å². The van der Waals surface area contributed by atoms with Crippen LogP contribution in [0.2, 0.25) is 0 Å². The Morgan fingerprint density at radius 2 is 1.95 bits per heavy atom. The fourth-order valence-electron chi connectivity index (χ4n) is 2.05. The quantitative estimate of drug-likeness (QED) is 0.914. The molecule has 4 heteroatoms. The maximum absolute atomic E-state index is 5.27. The summed E-state index contributed by atoms with van der Waals surface area (Å²) in [5.74, 6) is 0.841. The van der Waals surface area contributed by atoms with Crippen molar-refractivity contribution in [1.29, 1.82) is 0 Å². The van der Waals surface area contributed by atoms with Gasteiger partial charge in [0.1, 0.15) is 5.75 Å². The van der Waals surface area contributed by atoms with Crippen LogP contribution in [0.15, 0.2) is 47.2 Å². The second-order valence-corrected chi connectivity index (χ2v) is 5.02. The third kappa shape index (κ3) is 3.33. The molecule has 2 rings (SSSR count). The molecule has 0 fully saturated rings. The zero-order chi connectivity index (χ0) is 13.7. The minimum absolute atomic E-state index is 0.162. The molecule has 0 spiro atoms. The van der Waals surface area contributed by atoms with Gasteiger partial charge in [0.2, 0.25) is 0 Å². The van der Waals surface area contributed by atoms with Gasteiger partial charge in [0, 0.05) is 12.4 Å². The molecule has 3 nitrogen and oxygen atoms in total. The van der Waals surface area contributed by atoms with E-state index in [1.54, 1.807) is 7.11 Å². The van der Waals surface area contributed by atoms with Gasteiger partial charge in [0.15, 0.2) is 0 Å². The third-order valence-electron chi connectivity index (χ3n) is 2.96. The van der Waals surface area contributed by atoms with Crippen molar-refractivity contribution in [2.75, 3.05) is 13.7 Å². The van der Waals surface area contributed by atoms with Crippen LogP contribution in [-0.2, 0) is 0 Å². The molecule has 0 bridgehead atoms. The lowest BCUT2D eigenvalue weighted by Crippen LogP contribution is -2.22. The first-order chi connectivity index (χ1) is 9.26. The molecular formula is C15H17BrN2O. The van der Waals surface area contributed by atoms with Crippen molar-refractivity contribution in [3.05, 3.63) is 58.3 Å². The number of aromatic nitrogens is 1. The van der Waals surface area contributed by atoms with E-state index in [0.29, 0.717) is 0 Å². The van der Waals surface area contributed by atoms with Crippen LogP contribution >= 0.6 is 15.9 Å². The Kier molecular flexibility index (Phi) is 4.93. The molecule has 0 aliphatic heterocycles. The number of halogens is 1. The second-order valence-electron chi connectivity index (χ2n) is 4.17. The van der Waals surface area contributed by atoms with Crippen LogP contribution < -0.4 is 10.1 Å². The summed E-state index contributed by atoms with van der Waals surface area (Å²) < 4.78 is 6.23. The maximum atomic E-state index is 5.27. The van der Waals surface area contributed by atoms with E-state index in [-0.39, 0.29) is 6.04 Å². The molecule has 1 N–H and O–H groups in total. The van der Waals surface area contributed by atoms with Crippen LogP contribution in [0.1, 0.15) is 24.1 Å². The highest BCUT2D eigenvalue weighted by atomic mass is 79.9. The van der Waals surface area contributed by atoms with Crippen LogP contribution in [0.25, 0.3) is 0 Å². The van der Waals surface area contributed by atoms with Crippen LogP contribution in [0.3, 0.4) is 0 Å². The van der Waals surface area contributed by atoms with E-state index >= 15 is 0 Å². The van der Waals surface area contributed by atoms with E-state index in [2.05, 4.69) is 45.3 Å². The predicted molar refractivity (Wildman–Crippen MR) is 80.5 cm³/mol. The summed E-state index contributed by atoms with van der Waals surface area (Å²) in [5.41, 5.74) is 2.40. The first-order valence-corrected chi connectivity index (χ1v) is 7.02. The largest absolute Gasteiger partial charge is 0.496 e. The van der Waals surface area contributed by atoms with Gasteiger partial charge in [-0.05, 0) is 57.9 Å². The Hall–Kier alpha value is -1.39. The zero-order valence-electron chi connectivity index (χ0n) is 11.1.